The van der Waals surface area contributed by atoms with Crippen molar-refractivity contribution in [3.8, 4) is 0 Å². The van der Waals surface area contributed by atoms with E-state index in [2.05, 4.69) is 162 Å². The molecule has 8 aromatic carbocycles. The van der Waals surface area contributed by atoms with Crippen molar-refractivity contribution in [2.75, 3.05) is 0 Å². The van der Waals surface area contributed by atoms with E-state index in [0.29, 0.717) is 0 Å². The Bertz CT molecular complexity index is 2540. The Morgan fingerprint density at radius 2 is 0.741 bits per heavy atom. The smallest absolute Gasteiger partial charge is 0.172 e. The van der Waals surface area contributed by atoms with E-state index < -0.39 is 0 Å². The number of halogens is 2. The number of rotatable bonds is 2. The predicted molar refractivity (Wildman–Crippen MR) is 255 cm³/mol. The zero-order valence-corrected chi connectivity index (χ0v) is 40.4. The summed E-state index contributed by atoms with van der Waals surface area (Å²) in [6.45, 7) is 28.0. The van der Waals surface area contributed by atoms with Crippen LogP contribution in [0.2, 0.25) is 10.0 Å². The van der Waals surface area contributed by atoms with E-state index in [0.717, 1.165) is 20.8 Å². The molecule has 0 radical (unpaired) electrons. The number of fused-ring (bicyclic) bond motifs is 5. The zero-order chi connectivity index (χ0) is 42.4. The van der Waals surface area contributed by atoms with Crippen LogP contribution in [-0.2, 0) is 45.9 Å². The number of benzene rings is 6. The molecule has 0 heterocycles. The molecular weight excluding hydrogens is 823 g/mol. The molecule has 0 amide bonds. The average molecular weight is 881 g/mol. The van der Waals surface area contributed by atoms with Crippen molar-refractivity contribution in [2.45, 2.75) is 105 Å². The van der Waals surface area contributed by atoms with Gasteiger partial charge in [0.05, 0.1) is 0 Å². The Hall–Kier alpha value is -3.61. The summed E-state index contributed by atoms with van der Waals surface area (Å²) < 4.78 is 1.31. The largest absolute Gasteiger partial charge is 0.214 e. The topological polar surface area (TPSA) is 0 Å². The Kier molecular flexibility index (Phi) is 12.7. The Balaban J connectivity index is 0.000000176. The second-order valence-electron chi connectivity index (χ2n) is 19.7. The molecule has 3 heteroatoms. The van der Waals surface area contributed by atoms with E-state index >= 15 is 0 Å². The molecule has 0 nitrogen and oxygen atoms in total. The summed E-state index contributed by atoms with van der Waals surface area (Å²) in [5.74, 6) is 0. The van der Waals surface area contributed by atoms with Gasteiger partial charge in [-0.1, -0.05) is 117 Å². The Morgan fingerprint density at radius 3 is 1.07 bits per heavy atom. The molecule has 0 saturated heterocycles. The molecule has 0 unspecified atom stereocenters. The van der Waals surface area contributed by atoms with E-state index in [4.69, 9.17) is 23.2 Å². The summed E-state index contributed by atoms with van der Waals surface area (Å²) in [6, 6.07) is 47.1. The minimum Gasteiger partial charge on any atom is -0.214 e. The van der Waals surface area contributed by atoms with Crippen LogP contribution < -0.4 is 0 Å². The second-order valence-corrected chi connectivity index (χ2v) is 21.8. The zero-order valence-electron chi connectivity index (χ0n) is 36.5. The molecule has 0 aromatic heterocycles. The van der Waals surface area contributed by atoms with Crippen molar-refractivity contribution in [3.63, 3.8) is 0 Å². The van der Waals surface area contributed by atoms with Gasteiger partial charge in [0.2, 0.25) is 0 Å². The first-order chi connectivity index (χ1) is 27.1. The van der Waals surface area contributed by atoms with Crippen molar-refractivity contribution in [3.05, 3.63) is 177 Å². The number of hydrogen-bond acceptors (Lipinski definition) is 0. The molecule has 0 saturated carbocycles. The first kappa shape index (κ1) is 44.0. The van der Waals surface area contributed by atoms with Gasteiger partial charge in [0.15, 0.2) is 0 Å². The van der Waals surface area contributed by atoms with Crippen LogP contribution in [0.3, 0.4) is 0 Å². The molecule has 0 aliphatic rings. The molecule has 0 aliphatic carbocycles. The van der Waals surface area contributed by atoms with Gasteiger partial charge < -0.3 is 0 Å². The van der Waals surface area contributed by atoms with Gasteiger partial charge in [0.1, 0.15) is 0 Å². The van der Waals surface area contributed by atoms with Gasteiger partial charge in [-0.2, -0.15) is 18.2 Å². The van der Waals surface area contributed by atoms with E-state index in [1.165, 1.54) is 93.1 Å². The molecular formula is C55H58Cl2Zr. The van der Waals surface area contributed by atoms with E-state index in [9.17, 15) is 0 Å². The average Bonchev–Trinajstić information content (AvgIpc) is 3.84. The maximum atomic E-state index is 6.38. The molecule has 0 spiro atoms. The molecule has 58 heavy (non-hydrogen) atoms. The molecule has 0 fully saturated rings. The quantitative estimate of drug-likeness (QED) is 0.152. The summed E-state index contributed by atoms with van der Waals surface area (Å²) in [5, 5.41) is 11.7. The van der Waals surface area contributed by atoms with Crippen LogP contribution in [0, 0.1) is 0 Å². The minimum absolute atomic E-state index is 0.124. The molecule has 0 N–H and O–H groups in total. The van der Waals surface area contributed by atoms with E-state index in [-0.39, 0.29) is 21.7 Å². The Morgan fingerprint density at radius 1 is 0.414 bits per heavy atom. The van der Waals surface area contributed by atoms with Crippen molar-refractivity contribution in [1.29, 1.82) is 0 Å². The molecule has 0 atom stereocenters. The third-order valence-corrected chi connectivity index (χ3v) is 13.0. The second kappa shape index (κ2) is 16.8. The van der Waals surface area contributed by atoms with Crippen LogP contribution in [0.4, 0.5) is 0 Å². The van der Waals surface area contributed by atoms with Gasteiger partial charge in [-0.15, -0.1) is 39.7 Å². The van der Waals surface area contributed by atoms with Crippen LogP contribution >= 0.6 is 23.2 Å². The van der Waals surface area contributed by atoms with E-state index in [1.807, 2.05) is 54.6 Å². The maximum Gasteiger partial charge on any atom is -0.172 e. The normalized spacial score (nSPS) is 12.4. The van der Waals surface area contributed by atoms with E-state index in [1.54, 1.807) is 0 Å². The summed E-state index contributed by atoms with van der Waals surface area (Å²) in [5.41, 5.74) is 8.88. The number of hydrogen-bond donors (Lipinski definition) is 0. The first-order valence-corrected chi connectivity index (χ1v) is 22.4. The fourth-order valence-corrected chi connectivity index (χ4v) is 9.58. The minimum atomic E-state index is 0.124. The summed E-state index contributed by atoms with van der Waals surface area (Å²) >= 11 is 14.1. The third kappa shape index (κ3) is 9.39. The van der Waals surface area contributed by atoms with Gasteiger partial charge in [-0.05, 0) is 21.7 Å². The maximum absolute atomic E-state index is 6.38. The predicted octanol–water partition coefficient (Wildman–Crippen LogP) is 16.7. The summed E-state index contributed by atoms with van der Waals surface area (Å²) in [6.07, 6.45) is 0. The van der Waals surface area contributed by atoms with Crippen LogP contribution in [-0.4, -0.2) is 3.21 Å². The van der Waals surface area contributed by atoms with Gasteiger partial charge in [-0.3, -0.25) is 0 Å². The van der Waals surface area contributed by atoms with Crippen molar-refractivity contribution < 1.29 is 24.2 Å². The fourth-order valence-electron chi connectivity index (χ4n) is 8.03. The molecule has 8 aromatic rings. The fraction of sp³-hybridized carbons (Fsp3) is 0.291. The van der Waals surface area contributed by atoms with Gasteiger partial charge >= 0.3 is 166 Å². The van der Waals surface area contributed by atoms with Gasteiger partial charge in [0.25, 0.3) is 0 Å². The van der Waals surface area contributed by atoms with Crippen LogP contribution in [0.1, 0.15) is 116 Å². The standard InChI is InChI=1S/C29H41.C21H12Cl2.C5H5.Zr/c1-26(2,3)22-14-18-13-19-15-23(27(4,5)6)25(29(10,11)12)17-21(19)20(18)16-24(22)28(7,8)9;22-20-11-3-7-16-14(5-1-9-18(16)20)13-15-6-2-10-19-17(15)8-4-12-21(19)23;1-2-4-5-3-1;/h13-17H,1-12H3;1-12H;1-5H;/q-1;;-1;+2. The monoisotopic (exact) mass is 878 g/mol. The van der Waals surface area contributed by atoms with Crippen LogP contribution in [0.25, 0.3) is 43.1 Å². The first-order valence-electron chi connectivity index (χ1n) is 20.4. The third-order valence-electron chi connectivity index (χ3n) is 11.0. The molecule has 0 aliphatic heterocycles. The summed E-state index contributed by atoms with van der Waals surface area (Å²) in [4.78, 5) is 0. The molecule has 8 rings (SSSR count). The van der Waals surface area contributed by atoms with Crippen molar-refractivity contribution in [2.24, 2.45) is 0 Å². The van der Waals surface area contributed by atoms with Gasteiger partial charge in [0, 0.05) is 0 Å². The Labute approximate surface area is 372 Å². The molecule has 0 bridgehead atoms. The van der Waals surface area contributed by atoms with Crippen molar-refractivity contribution in [1.82, 2.24) is 0 Å². The molecule has 296 valence electrons. The SMILES string of the molecule is CC(C)(C)c1cc2[cH-]c3cc(C(C)(C)C)c(C(C)(C)C)cc3c2cc1C(C)(C)C.Clc1cccc2c([C](=[Zr+2])c3cccc4c(Cl)cccc34)cccc12.c1cc[cH-]c1. The van der Waals surface area contributed by atoms with Crippen LogP contribution in [0.5, 0.6) is 0 Å². The van der Waals surface area contributed by atoms with Crippen LogP contribution in [0.15, 0.2) is 133 Å². The van der Waals surface area contributed by atoms with Crippen molar-refractivity contribution >= 4 is 69.5 Å². The summed E-state index contributed by atoms with van der Waals surface area (Å²) in [7, 11) is 0. The van der Waals surface area contributed by atoms with Gasteiger partial charge in [-0.25, -0.2) is 12.1 Å².